The third-order valence-electron chi connectivity index (χ3n) is 5.71. The summed E-state index contributed by atoms with van der Waals surface area (Å²) in [5.74, 6) is -1.55. The Labute approximate surface area is 198 Å². The summed E-state index contributed by atoms with van der Waals surface area (Å²) in [5.41, 5.74) is 6.62. The highest BCUT2D eigenvalue weighted by Gasteiger charge is 2.36. The third-order valence-corrected chi connectivity index (χ3v) is 6.01. The van der Waals surface area contributed by atoms with Crippen LogP contribution in [-0.2, 0) is 11.3 Å². The van der Waals surface area contributed by atoms with Crippen LogP contribution in [0.5, 0.6) is 5.75 Å². The number of anilines is 1. The first kappa shape index (κ1) is 24.3. The van der Waals surface area contributed by atoms with Gasteiger partial charge in [-0.25, -0.2) is 4.39 Å². The summed E-state index contributed by atoms with van der Waals surface area (Å²) >= 11 is 5.78. The minimum Gasteiger partial charge on any atom is -0.404 e. The Balaban J connectivity index is 1.46. The molecule has 2 bridgehead atoms. The SMILES string of the molecule is Nc1cc(Cl)c(OC(F)(F)F)cc1C(=O)C=CN1C2COCC1CN(Cc1ccc(F)cc1)C2. The maximum absolute atomic E-state index is 13.2. The number of morpholine rings is 1. The number of alkyl halides is 3. The number of fused-ring (bicyclic) bond motifs is 2. The normalized spacial score (nSPS) is 21.1. The first-order chi connectivity index (χ1) is 16.1. The monoisotopic (exact) mass is 499 g/mol. The van der Waals surface area contributed by atoms with Crippen molar-refractivity contribution in [1.29, 1.82) is 0 Å². The molecule has 0 aliphatic carbocycles. The van der Waals surface area contributed by atoms with Crippen LogP contribution in [0.15, 0.2) is 48.7 Å². The zero-order valence-corrected chi connectivity index (χ0v) is 18.7. The number of benzene rings is 2. The van der Waals surface area contributed by atoms with Crippen molar-refractivity contribution in [3.63, 3.8) is 0 Å². The fraction of sp³-hybridized carbons (Fsp3) is 0.348. The zero-order chi connectivity index (χ0) is 24.5. The number of carbonyl (C=O) groups excluding carboxylic acids is 1. The van der Waals surface area contributed by atoms with E-state index in [1.165, 1.54) is 18.2 Å². The number of carbonyl (C=O) groups is 1. The summed E-state index contributed by atoms with van der Waals surface area (Å²) in [4.78, 5) is 17.0. The number of halogens is 5. The molecule has 2 aliphatic rings. The zero-order valence-electron chi connectivity index (χ0n) is 17.9. The van der Waals surface area contributed by atoms with Crippen LogP contribution < -0.4 is 10.5 Å². The van der Waals surface area contributed by atoms with Gasteiger partial charge in [-0.3, -0.25) is 9.69 Å². The number of hydrogen-bond donors (Lipinski definition) is 1. The summed E-state index contributed by atoms with van der Waals surface area (Å²) < 4.78 is 60.6. The lowest BCUT2D eigenvalue weighted by atomic mass is 10.0. The maximum atomic E-state index is 13.2. The van der Waals surface area contributed by atoms with Crippen LogP contribution in [-0.4, -0.2) is 60.3 Å². The maximum Gasteiger partial charge on any atom is 0.573 e. The number of nitrogens with zero attached hydrogens (tertiary/aromatic N) is 2. The Bertz CT molecular complexity index is 1060. The molecule has 34 heavy (non-hydrogen) atoms. The molecule has 2 aromatic rings. The van der Waals surface area contributed by atoms with E-state index in [0.29, 0.717) is 32.8 Å². The Kier molecular flexibility index (Phi) is 7.01. The summed E-state index contributed by atoms with van der Waals surface area (Å²) in [6.07, 6.45) is -2.05. The van der Waals surface area contributed by atoms with Crippen molar-refractivity contribution in [3.8, 4) is 5.75 Å². The molecular weight excluding hydrogens is 478 g/mol. The van der Waals surface area contributed by atoms with Gasteiger partial charge in [-0.05, 0) is 29.8 Å². The van der Waals surface area contributed by atoms with Crippen LogP contribution in [0.4, 0.5) is 23.2 Å². The van der Waals surface area contributed by atoms with Gasteiger partial charge in [0.05, 0.1) is 30.3 Å². The van der Waals surface area contributed by atoms with Crippen LogP contribution in [0.2, 0.25) is 5.02 Å². The Morgan fingerprint density at radius 1 is 1.18 bits per heavy atom. The predicted molar refractivity (Wildman–Crippen MR) is 118 cm³/mol. The van der Waals surface area contributed by atoms with Gasteiger partial charge >= 0.3 is 6.36 Å². The van der Waals surface area contributed by atoms with Crippen molar-refractivity contribution in [3.05, 3.63) is 70.6 Å². The molecule has 2 aromatic carbocycles. The van der Waals surface area contributed by atoms with Crippen LogP contribution in [0.25, 0.3) is 0 Å². The number of allylic oxidation sites excluding steroid dienone is 1. The topological polar surface area (TPSA) is 68.0 Å². The molecule has 0 amide bonds. The molecule has 6 nitrogen and oxygen atoms in total. The van der Waals surface area contributed by atoms with E-state index in [0.717, 1.165) is 17.7 Å². The van der Waals surface area contributed by atoms with Crippen molar-refractivity contribution in [2.45, 2.75) is 25.0 Å². The first-order valence-corrected chi connectivity index (χ1v) is 10.9. The Hall–Kier alpha value is -2.82. The highest BCUT2D eigenvalue weighted by molar-refractivity contribution is 6.32. The largest absolute Gasteiger partial charge is 0.573 e. The summed E-state index contributed by atoms with van der Waals surface area (Å²) in [6.45, 7) is 2.91. The molecule has 2 atom stereocenters. The van der Waals surface area contributed by atoms with E-state index < -0.39 is 17.9 Å². The summed E-state index contributed by atoms with van der Waals surface area (Å²) in [5, 5.41) is -0.348. The standard InChI is InChI=1S/C23H22ClF4N3O3/c24-19-8-20(29)18(7-22(19)34-23(26,27)28)21(32)5-6-31-16-10-30(11-17(31)13-33-12-16)9-14-1-3-15(25)4-2-14/h1-8,16-17H,9-13,29H2. The fourth-order valence-corrected chi connectivity index (χ4v) is 4.43. The second kappa shape index (κ2) is 9.81. The molecule has 2 heterocycles. The molecule has 2 N–H and O–H groups in total. The van der Waals surface area contributed by atoms with Crippen molar-refractivity contribution >= 4 is 23.1 Å². The molecule has 0 aromatic heterocycles. The number of ether oxygens (including phenoxy) is 2. The Morgan fingerprint density at radius 2 is 1.82 bits per heavy atom. The van der Waals surface area contributed by atoms with E-state index in [1.54, 1.807) is 18.3 Å². The molecular formula is C23H22ClF4N3O3. The van der Waals surface area contributed by atoms with Crippen LogP contribution in [0.1, 0.15) is 15.9 Å². The quantitative estimate of drug-likeness (QED) is 0.277. The van der Waals surface area contributed by atoms with E-state index in [4.69, 9.17) is 22.1 Å². The second-order valence-electron chi connectivity index (χ2n) is 8.21. The highest BCUT2D eigenvalue weighted by Crippen LogP contribution is 2.34. The Morgan fingerprint density at radius 3 is 2.44 bits per heavy atom. The molecule has 0 saturated carbocycles. The van der Waals surface area contributed by atoms with E-state index in [-0.39, 0.29) is 34.2 Å². The molecule has 2 unspecified atom stereocenters. The van der Waals surface area contributed by atoms with Gasteiger partial charge in [-0.15, -0.1) is 13.2 Å². The lowest BCUT2D eigenvalue weighted by Gasteiger charge is -2.49. The highest BCUT2D eigenvalue weighted by atomic mass is 35.5. The number of nitrogens with two attached hydrogens (primary N) is 1. The molecule has 2 fully saturated rings. The fourth-order valence-electron chi connectivity index (χ4n) is 4.22. The van der Waals surface area contributed by atoms with Crippen molar-refractivity contribution in [2.24, 2.45) is 0 Å². The minimum absolute atomic E-state index is 0.0244. The minimum atomic E-state index is -4.96. The van der Waals surface area contributed by atoms with Gasteiger partial charge in [-0.1, -0.05) is 23.7 Å². The molecule has 0 radical (unpaired) electrons. The van der Waals surface area contributed by atoms with Crippen LogP contribution >= 0.6 is 11.6 Å². The van der Waals surface area contributed by atoms with Gasteiger partial charge in [0.2, 0.25) is 0 Å². The van der Waals surface area contributed by atoms with Gasteiger partial charge in [0.25, 0.3) is 0 Å². The van der Waals surface area contributed by atoms with Crippen LogP contribution in [0, 0.1) is 5.82 Å². The predicted octanol–water partition coefficient (Wildman–Crippen LogP) is 4.24. The van der Waals surface area contributed by atoms with E-state index in [1.807, 2.05) is 4.90 Å². The van der Waals surface area contributed by atoms with Gasteiger partial charge in [0.1, 0.15) is 11.6 Å². The average Bonchev–Trinajstić information content (AvgIpc) is 2.74. The number of nitrogen functional groups attached to an aromatic ring is 1. The number of rotatable bonds is 6. The lowest BCUT2D eigenvalue weighted by molar-refractivity contribution is -0.274. The van der Waals surface area contributed by atoms with Crippen molar-refractivity contribution in [2.75, 3.05) is 32.0 Å². The van der Waals surface area contributed by atoms with E-state index >= 15 is 0 Å². The van der Waals surface area contributed by atoms with Crippen molar-refractivity contribution < 1.29 is 31.8 Å². The van der Waals surface area contributed by atoms with Crippen molar-refractivity contribution in [1.82, 2.24) is 9.80 Å². The van der Waals surface area contributed by atoms with Gasteiger partial charge < -0.3 is 20.1 Å². The van der Waals surface area contributed by atoms with Gasteiger partial charge in [0.15, 0.2) is 5.78 Å². The van der Waals surface area contributed by atoms with Gasteiger partial charge in [-0.2, -0.15) is 0 Å². The first-order valence-electron chi connectivity index (χ1n) is 10.5. The average molecular weight is 500 g/mol. The van der Waals surface area contributed by atoms with E-state index in [2.05, 4.69) is 9.64 Å². The smallest absolute Gasteiger partial charge is 0.404 e. The van der Waals surface area contributed by atoms with Gasteiger partial charge in [0, 0.05) is 43.2 Å². The molecule has 2 saturated heterocycles. The molecule has 182 valence electrons. The summed E-state index contributed by atoms with van der Waals surface area (Å²) in [6, 6.07) is 8.25. The number of piperazine rings is 1. The number of ketones is 1. The third kappa shape index (κ3) is 5.81. The van der Waals surface area contributed by atoms with Crippen LogP contribution in [0.3, 0.4) is 0 Å². The molecule has 2 aliphatic heterocycles. The lowest BCUT2D eigenvalue weighted by Crippen LogP contribution is -2.62. The molecule has 0 spiro atoms. The van der Waals surface area contributed by atoms with E-state index in [9.17, 15) is 22.4 Å². The molecule has 4 rings (SSSR count). The number of hydrogen-bond acceptors (Lipinski definition) is 6. The second-order valence-corrected chi connectivity index (χ2v) is 8.62. The summed E-state index contributed by atoms with van der Waals surface area (Å²) in [7, 11) is 0. The molecule has 11 heteroatoms.